The summed E-state index contributed by atoms with van der Waals surface area (Å²) < 4.78 is 11.7. The molecule has 0 spiro atoms. The van der Waals surface area contributed by atoms with Crippen molar-refractivity contribution in [3.05, 3.63) is 11.3 Å². The number of fused-ring (bicyclic) bond motifs is 1. The summed E-state index contributed by atoms with van der Waals surface area (Å²) in [5, 5.41) is 19.1. The summed E-state index contributed by atoms with van der Waals surface area (Å²) in [6.45, 7) is 8.54. The zero-order valence-electron chi connectivity index (χ0n) is 24.4. The van der Waals surface area contributed by atoms with Crippen molar-refractivity contribution in [2.24, 2.45) is 11.8 Å². The summed E-state index contributed by atoms with van der Waals surface area (Å²) in [6, 6.07) is 3.14. The number of ether oxygens (including phenoxy) is 2. The Labute approximate surface area is 237 Å². The monoisotopic (exact) mass is 556 g/mol. The molecule has 3 heterocycles. The number of hydrogen-bond acceptors (Lipinski definition) is 9. The lowest BCUT2D eigenvalue weighted by molar-refractivity contribution is -0.162. The van der Waals surface area contributed by atoms with Crippen molar-refractivity contribution in [1.82, 2.24) is 19.8 Å². The SMILES string of the molecule is CN(CCCOc1nc2c(c(N3CC[C@@H](C(=O)OC(C)(C)C)[C@@H](CC#N)C3)n1)CCN(C(=O)O)C2)C1CCCC1. The summed E-state index contributed by atoms with van der Waals surface area (Å²) in [5.74, 6) is -0.101. The van der Waals surface area contributed by atoms with Gasteiger partial charge in [0.1, 0.15) is 11.4 Å². The fourth-order valence-corrected chi connectivity index (χ4v) is 6.12. The molecule has 40 heavy (non-hydrogen) atoms. The maximum Gasteiger partial charge on any atom is 0.407 e. The number of carbonyl (C=O) groups excluding carboxylic acids is 1. The Morgan fingerprint density at radius 3 is 2.60 bits per heavy atom. The van der Waals surface area contributed by atoms with Crippen LogP contribution in [0.1, 0.15) is 77.0 Å². The quantitative estimate of drug-likeness (QED) is 0.353. The van der Waals surface area contributed by atoms with Crippen LogP contribution in [0.25, 0.3) is 0 Å². The summed E-state index contributed by atoms with van der Waals surface area (Å²) in [6.07, 6.45) is 6.26. The van der Waals surface area contributed by atoms with Crippen LogP contribution in [-0.4, -0.2) is 88.4 Å². The maximum atomic E-state index is 12.9. The van der Waals surface area contributed by atoms with E-state index in [0.29, 0.717) is 50.8 Å². The number of esters is 1. The Balaban J connectivity index is 1.50. The number of hydrogen-bond donors (Lipinski definition) is 1. The van der Waals surface area contributed by atoms with Crippen molar-refractivity contribution in [2.75, 3.05) is 44.7 Å². The van der Waals surface area contributed by atoms with Gasteiger partial charge in [0.05, 0.1) is 30.8 Å². The Morgan fingerprint density at radius 2 is 1.93 bits per heavy atom. The van der Waals surface area contributed by atoms with Gasteiger partial charge in [0.15, 0.2) is 0 Å². The van der Waals surface area contributed by atoms with Crippen LogP contribution < -0.4 is 9.64 Å². The number of aromatic nitrogens is 2. The number of piperidine rings is 1. The summed E-state index contributed by atoms with van der Waals surface area (Å²) in [4.78, 5) is 40.0. The molecule has 0 bridgehead atoms. The molecule has 1 aromatic heterocycles. The Morgan fingerprint density at radius 1 is 1.18 bits per heavy atom. The highest BCUT2D eigenvalue weighted by Gasteiger charge is 2.38. The third-order valence-corrected chi connectivity index (χ3v) is 8.22. The normalized spacial score (nSPS) is 21.7. The van der Waals surface area contributed by atoms with E-state index in [1.807, 2.05) is 20.8 Å². The molecule has 4 rings (SSSR count). The molecule has 1 amide bonds. The lowest BCUT2D eigenvalue weighted by Gasteiger charge is -2.39. The highest BCUT2D eigenvalue weighted by atomic mass is 16.6. The molecule has 2 aliphatic heterocycles. The molecule has 0 aromatic carbocycles. The van der Waals surface area contributed by atoms with Gasteiger partial charge in [-0.25, -0.2) is 4.79 Å². The third kappa shape index (κ3) is 7.53. The van der Waals surface area contributed by atoms with E-state index in [-0.39, 0.29) is 36.8 Å². The van der Waals surface area contributed by atoms with E-state index in [1.54, 1.807) is 0 Å². The molecule has 1 saturated heterocycles. The van der Waals surface area contributed by atoms with Gasteiger partial charge in [-0.3, -0.25) is 4.79 Å². The van der Waals surface area contributed by atoms with Crippen molar-refractivity contribution in [3.63, 3.8) is 0 Å². The van der Waals surface area contributed by atoms with Crippen LogP contribution in [0.15, 0.2) is 0 Å². The fourth-order valence-electron chi connectivity index (χ4n) is 6.12. The largest absolute Gasteiger partial charge is 0.465 e. The van der Waals surface area contributed by atoms with Crippen LogP contribution in [0.4, 0.5) is 10.6 Å². The molecule has 2 atom stereocenters. The van der Waals surface area contributed by atoms with E-state index in [2.05, 4.69) is 27.9 Å². The summed E-state index contributed by atoms with van der Waals surface area (Å²) in [5.41, 5.74) is 0.978. The third-order valence-electron chi connectivity index (χ3n) is 8.22. The first-order valence-corrected chi connectivity index (χ1v) is 14.6. The van der Waals surface area contributed by atoms with Crippen LogP contribution in [0.3, 0.4) is 0 Å². The number of carboxylic acid groups (broad SMARTS) is 1. The summed E-state index contributed by atoms with van der Waals surface area (Å²) >= 11 is 0. The first-order chi connectivity index (χ1) is 19.1. The molecule has 1 aliphatic carbocycles. The van der Waals surface area contributed by atoms with Gasteiger partial charge in [0, 0.05) is 50.1 Å². The van der Waals surface area contributed by atoms with Gasteiger partial charge in [-0.15, -0.1) is 0 Å². The van der Waals surface area contributed by atoms with Gasteiger partial charge >= 0.3 is 18.1 Å². The highest BCUT2D eigenvalue weighted by molar-refractivity contribution is 5.74. The predicted octanol–water partition coefficient (Wildman–Crippen LogP) is 3.85. The minimum Gasteiger partial charge on any atom is -0.465 e. The van der Waals surface area contributed by atoms with Gasteiger partial charge in [0.25, 0.3) is 0 Å². The number of rotatable bonds is 9. The molecule has 11 heteroatoms. The molecule has 1 saturated carbocycles. The number of amides is 1. The molecule has 0 unspecified atom stereocenters. The molecule has 1 N–H and O–H groups in total. The molecular weight excluding hydrogens is 512 g/mol. The van der Waals surface area contributed by atoms with Crippen LogP contribution in [-0.2, 0) is 22.5 Å². The number of carbonyl (C=O) groups is 2. The van der Waals surface area contributed by atoms with Gasteiger partial charge < -0.3 is 29.3 Å². The van der Waals surface area contributed by atoms with Crippen molar-refractivity contribution < 1.29 is 24.2 Å². The lowest BCUT2D eigenvalue weighted by Crippen LogP contribution is -2.46. The maximum absolute atomic E-state index is 12.9. The van der Waals surface area contributed by atoms with Crippen molar-refractivity contribution >= 4 is 17.9 Å². The van der Waals surface area contributed by atoms with Crippen molar-refractivity contribution in [2.45, 2.75) is 90.3 Å². The van der Waals surface area contributed by atoms with E-state index in [0.717, 1.165) is 24.3 Å². The van der Waals surface area contributed by atoms with Crippen LogP contribution in [0.2, 0.25) is 0 Å². The molecule has 2 fully saturated rings. The smallest absolute Gasteiger partial charge is 0.407 e. The molecule has 11 nitrogen and oxygen atoms in total. The second-order valence-corrected chi connectivity index (χ2v) is 12.3. The number of nitrogens with zero attached hydrogens (tertiary/aromatic N) is 6. The topological polar surface area (TPSA) is 132 Å². The lowest BCUT2D eigenvalue weighted by atomic mass is 9.83. The Kier molecular flexibility index (Phi) is 9.72. The Hall–Kier alpha value is -3.13. The number of anilines is 1. The molecule has 1 aromatic rings. The van der Waals surface area contributed by atoms with E-state index >= 15 is 0 Å². The zero-order chi connectivity index (χ0) is 28.9. The van der Waals surface area contributed by atoms with Crippen molar-refractivity contribution in [3.8, 4) is 12.1 Å². The average molecular weight is 557 g/mol. The van der Waals surface area contributed by atoms with Gasteiger partial charge in [-0.05, 0) is 59.9 Å². The first kappa shape index (κ1) is 29.8. The second kappa shape index (κ2) is 13.0. The Bertz CT molecular complexity index is 1090. The first-order valence-electron chi connectivity index (χ1n) is 14.6. The second-order valence-electron chi connectivity index (χ2n) is 12.3. The minimum atomic E-state index is -0.976. The standard InChI is InChI=1S/C29H44N6O5/c1-29(2,3)40-26(36)22-11-15-34(18-20(22)10-13-30)25-23-12-16-35(28(37)38)19-24(23)31-27(32-25)39-17-7-14-33(4)21-8-5-6-9-21/h20-22H,5-12,14-19H2,1-4H3,(H,37,38)/t20-,22+/m0/s1. The van der Waals surface area contributed by atoms with E-state index in [1.165, 1.54) is 30.6 Å². The van der Waals surface area contributed by atoms with E-state index in [9.17, 15) is 20.0 Å². The molecular formula is C29H44N6O5. The van der Waals surface area contributed by atoms with Gasteiger partial charge in [0.2, 0.25) is 0 Å². The highest BCUT2D eigenvalue weighted by Crippen LogP contribution is 2.35. The molecule has 220 valence electrons. The van der Waals surface area contributed by atoms with E-state index in [4.69, 9.17) is 14.5 Å². The van der Waals surface area contributed by atoms with E-state index < -0.39 is 11.7 Å². The molecule has 3 aliphatic rings. The fraction of sp³-hybridized carbons (Fsp3) is 0.759. The van der Waals surface area contributed by atoms with Crippen LogP contribution in [0.5, 0.6) is 6.01 Å². The van der Waals surface area contributed by atoms with Crippen molar-refractivity contribution in [1.29, 1.82) is 5.26 Å². The zero-order valence-corrected chi connectivity index (χ0v) is 24.4. The van der Waals surface area contributed by atoms with Crippen LogP contribution >= 0.6 is 0 Å². The van der Waals surface area contributed by atoms with Gasteiger partial charge in [-0.1, -0.05) is 12.8 Å². The number of nitriles is 1. The minimum absolute atomic E-state index is 0.178. The predicted molar refractivity (Wildman–Crippen MR) is 149 cm³/mol. The van der Waals surface area contributed by atoms with Crippen LogP contribution in [0, 0.1) is 23.2 Å². The summed E-state index contributed by atoms with van der Waals surface area (Å²) in [7, 11) is 2.17. The molecule has 0 radical (unpaired) electrons. The average Bonchev–Trinajstić information content (AvgIpc) is 3.44. The van der Waals surface area contributed by atoms with Gasteiger partial charge in [-0.2, -0.15) is 15.2 Å².